The van der Waals surface area contributed by atoms with E-state index in [9.17, 15) is 9.59 Å². The summed E-state index contributed by atoms with van der Waals surface area (Å²) in [5.41, 5.74) is 6.09. The third-order valence-corrected chi connectivity index (χ3v) is 3.33. The van der Waals surface area contributed by atoms with Gasteiger partial charge in [0.15, 0.2) is 10.9 Å². The quantitative estimate of drug-likeness (QED) is 0.765. The minimum atomic E-state index is -0.592. The Hall–Kier alpha value is -1.90. The van der Waals surface area contributed by atoms with E-state index in [1.165, 1.54) is 18.3 Å². The molecule has 0 aliphatic carbocycles. The van der Waals surface area contributed by atoms with E-state index in [-0.39, 0.29) is 24.2 Å². The number of thiazole rings is 1. The highest BCUT2D eigenvalue weighted by Crippen LogP contribution is 2.26. The fraction of sp³-hybridized carbons (Fsp3) is 0.308. The van der Waals surface area contributed by atoms with Crippen LogP contribution in [0.1, 0.15) is 19.6 Å². The van der Waals surface area contributed by atoms with Gasteiger partial charge >= 0.3 is 0 Å². The Labute approximate surface area is 137 Å². The zero-order chi connectivity index (χ0) is 15.4. The minimum absolute atomic E-state index is 0. The van der Waals surface area contributed by atoms with Gasteiger partial charge in [0.25, 0.3) is 0 Å². The SMILES string of the molecule is CC(=O)NCc1ccc(-c2csc(NC(=O)[C@H](C)N)n2)o1.Cl. The molecule has 9 heteroatoms. The minimum Gasteiger partial charge on any atom is -0.458 e. The van der Waals surface area contributed by atoms with Gasteiger partial charge in [-0.15, -0.1) is 23.7 Å². The molecule has 0 spiro atoms. The van der Waals surface area contributed by atoms with Gasteiger partial charge in [0.1, 0.15) is 11.5 Å². The lowest BCUT2D eigenvalue weighted by Crippen LogP contribution is -2.32. The number of halogens is 1. The molecule has 4 N–H and O–H groups in total. The number of rotatable bonds is 5. The first-order valence-corrected chi connectivity index (χ1v) is 7.19. The molecule has 0 saturated heterocycles. The third-order valence-electron chi connectivity index (χ3n) is 2.57. The molecule has 2 aromatic heterocycles. The topological polar surface area (TPSA) is 110 Å². The molecule has 2 rings (SSSR count). The van der Waals surface area contributed by atoms with Gasteiger partial charge in [-0.3, -0.25) is 9.59 Å². The first kappa shape index (κ1) is 18.1. The zero-order valence-electron chi connectivity index (χ0n) is 12.1. The lowest BCUT2D eigenvalue weighted by Gasteiger charge is -2.03. The molecule has 2 aromatic rings. The molecule has 0 radical (unpaired) electrons. The molecule has 2 amide bonds. The van der Waals surface area contributed by atoms with Gasteiger partial charge in [0.2, 0.25) is 11.8 Å². The van der Waals surface area contributed by atoms with Crippen molar-refractivity contribution in [3.05, 3.63) is 23.3 Å². The average Bonchev–Trinajstić information content (AvgIpc) is 3.04. The Morgan fingerprint density at radius 1 is 1.45 bits per heavy atom. The Balaban J connectivity index is 0.00000242. The predicted octanol–water partition coefficient (Wildman–Crippen LogP) is 1.75. The number of aromatic nitrogens is 1. The molecule has 0 aliphatic rings. The number of nitrogens with zero attached hydrogens (tertiary/aromatic N) is 1. The number of anilines is 1. The summed E-state index contributed by atoms with van der Waals surface area (Å²) in [4.78, 5) is 26.6. The van der Waals surface area contributed by atoms with Gasteiger partial charge in [-0.1, -0.05) is 0 Å². The van der Waals surface area contributed by atoms with Crippen LogP contribution in [0.15, 0.2) is 21.9 Å². The maximum Gasteiger partial charge on any atom is 0.242 e. The van der Waals surface area contributed by atoms with Gasteiger partial charge < -0.3 is 20.8 Å². The molecule has 1 atom stereocenters. The van der Waals surface area contributed by atoms with Crippen LogP contribution in [0, 0.1) is 0 Å². The first-order chi connectivity index (χ1) is 9.95. The van der Waals surface area contributed by atoms with Crippen LogP contribution in [0.5, 0.6) is 0 Å². The van der Waals surface area contributed by atoms with Crippen LogP contribution in [0.25, 0.3) is 11.5 Å². The van der Waals surface area contributed by atoms with Gasteiger partial charge in [0, 0.05) is 12.3 Å². The van der Waals surface area contributed by atoms with Crippen molar-refractivity contribution < 1.29 is 14.0 Å². The Kier molecular flexibility index (Phi) is 6.54. The normalized spacial score (nSPS) is 11.4. The summed E-state index contributed by atoms with van der Waals surface area (Å²) in [5, 5.41) is 7.51. The van der Waals surface area contributed by atoms with Crippen LogP contribution in [0.2, 0.25) is 0 Å². The van der Waals surface area contributed by atoms with Crippen molar-refractivity contribution in [2.75, 3.05) is 5.32 Å². The van der Waals surface area contributed by atoms with Crippen LogP contribution in [0.4, 0.5) is 5.13 Å². The van der Waals surface area contributed by atoms with E-state index in [1.54, 1.807) is 24.4 Å². The lowest BCUT2D eigenvalue weighted by atomic mass is 10.3. The molecule has 2 heterocycles. The number of hydrogen-bond donors (Lipinski definition) is 3. The zero-order valence-corrected chi connectivity index (χ0v) is 13.7. The van der Waals surface area contributed by atoms with Crippen molar-refractivity contribution in [2.45, 2.75) is 26.4 Å². The highest BCUT2D eigenvalue weighted by molar-refractivity contribution is 7.14. The molecule has 120 valence electrons. The summed E-state index contributed by atoms with van der Waals surface area (Å²) >= 11 is 1.29. The number of hydrogen-bond acceptors (Lipinski definition) is 6. The van der Waals surface area contributed by atoms with Crippen molar-refractivity contribution in [1.29, 1.82) is 0 Å². The second-order valence-corrected chi connectivity index (χ2v) is 5.35. The number of nitrogens with two attached hydrogens (primary N) is 1. The van der Waals surface area contributed by atoms with E-state index in [4.69, 9.17) is 10.2 Å². The number of amides is 2. The lowest BCUT2D eigenvalue weighted by molar-refractivity contribution is -0.119. The second-order valence-electron chi connectivity index (χ2n) is 4.49. The second kappa shape index (κ2) is 7.92. The average molecular weight is 345 g/mol. The number of nitrogens with one attached hydrogen (secondary N) is 2. The highest BCUT2D eigenvalue weighted by atomic mass is 35.5. The van der Waals surface area contributed by atoms with Crippen LogP contribution in [0.3, 0.4) is 0 Å². The summed E-state index contributed by atoms with van der Waals surface area (Å²) in [7, 11) is 0. The fourth-order valence-corrected chi connectivity index (χ4v) is 2.19. The molecule has 0 bridgehead atoms. The highest BCUT2D eigenvalue weighted by Gasteiger charge is 2.13. The van der Waals surface area contributed by atoms with E-state index in [1.807, 2.05) is 0 Å². The number of furan rings is 1. The van der Waals surface area contributed by atoms with E-state index >= 15 is 0 Å². The third kappa shape index (κ3) is 4.83. The summed E-state index contributed by atoms with van der Waals surface area (Å²) < 4.78 is 5.58. The summed E-state index contributed by atoms with van der Waals surface area (Å²) in [5.74, 6) is 0.798. The molecule has 0 aromatic carbocycles. The van der Waals surface area contributed by atoms with Crippen LogP contribution in [-0.4, -0.2) is 22.8 Å². The predicted molar refractivity (Wildman–Crippen MR) is 86.9 cm³/mol. The van der Waals surface area contributed by atoms with E-state index in [2.05, 4.69) is 15.6 Å². The Morgan fingerprint density at radius 3 is 2.82 bits per heavy atom. The van der Waals surface area contributed by atoms with Crippen LogP contribution < -0.4 is 16.4 Å². The van der Waals surface area contributed by atoms with E-state index < -0.39 is 6.04 Å². The molecule has 0 saturated carbocycles. The van der Waals surface area contributed by atoms with Gasteiger partial charge in [-0.2, -0.15) is 0 Å². The van der Waals surface area contributed by atoms with Crippen molar-refractivity contribution in [3.63, 3.8) is 0 Å². The monoisotopic (exact) mass is 344 g/mol. The standard InChI is InChI=1S/C13H16N4O3S.ClH/c1-7(14)12(19)17-13-16-10(6-21-13)11-4-3-9(20-11)5-15-8(2)18;/h3-4,6-7H,5,14H2,1-2H3,(H,15,18)(H,16,17,19);1H/t7-;/m0./s1. The van der Waals surface area contributed by atoms with Crippen molar-refractivity contribution in [1.82, 2.24) is 10.3 Å². The molecular weight excluding hydrogens is 328 g/mol. The number of carbonyl (C=O) groups is 2. The van der Waals surface area contributed by atoms with Crippen molar-refractivity contribution >= 4 is 40.7 Å². The smallest absolute Gasteiger partial charge is 0.242 e. The first-order valence-electron chi connectivity index (χ1n) is 6.31. The van der Waals surface area contributed by atoms with Gasteiger partial charge in [0.05, 0.1) is 12.6 Å². The molecule has 22 heavy (non-hydrogen) atoms. The molecule has 0 unspecified atom stereocenters. The Morgan fingerprint density at radius 2 is 2.18 bits per heavy atom. The molecule has 7 nitrogen and oxygen atoms in total. The van der Waals surface area contributed by atoms with Crippen LogP contribution >= 0.6 is 23.7 Å². The summed E-state index contributed by atoms with van der Waals surface area (Å²) in [6.07, 6.45) is 0. The van der Waals surface area contributed by atoms with Gasteiger partial charge in [-0.25, -0.2) is 4.98 Å². The summed E-state index contributed by atoms with van der Waals surface area (Å²) in [6.45, 7) is 3.37. The largest absolute Gasteiger partial charge is 0.458 e. The maximum absolute atomic E-state index is 11.5. The van der Waals surface area contributed by atoms with Crippen molar-refractivity contribution in [2.24, 2.45) is 5.73 Å². The van der Waals surface area contributed by atoms with E-state index in [0.717, 1.165) is 0 Å². The fourth-order valence-electron chi connectivity index (χ4n) is 1.49. The maximum atomic E-state index is 11.5. The van der Waals surface area contributed by atoms with Crippen molar-refractivity contribution in [3.8, 4) is 11.5 Å². The summed E-state index contributed by atoms with van der Waals surface area (Å²) in [6, 6.07) is 2.94. The van der Waals surface area contributed by atoms with Crippen LogP contribution in [-0.2, 0) is 16.1 Å². The molecule has 0 aliphatic heterocycles. The Bertz CT molecular complexity index is 653. The van der Waals surface area contributed by atoms with Gasteiger partial charge in [-0.05, 0) is 19.1 Å². The molecular formula is C13H17ClN4O3S. The number of carbonyl (C=O) groups excluding carboxylic acids is 2. The van der Waals surface area contributed by atoms with E-state index in [0.29, 0.717) is 28.9 Å². The molecule has 0 fully saturated rings.